The van der Waals surface area contributed by atoms with Crippen molar-refractivity contribution in [2.24, 2.45) is 0 Å². The monoisotopic (exact) mass is 845 g/mol. The molecule has 0 saturated heterocycles. The van der Waals surface area contributed by atoms with Crippen LogP contribution in [0.4, 0.5) is 34.1 Å². The van der Waals surface area contributed by atoms with Gasteiger partial charge in [-0.2, -0.15) is 0 Å². The highest BCUT2D eigenvalue weighted by molar-refractivity contribution is 7.00. The second-order valence-electron chi connectivity index (χ2n) is 25.2. The molecule has 0 bridgehead atoms. The Labute approximate surface area is 387 Å². The molecule has 330 valence electrons. The molecule has 0 atom stereocenters. The lowest BCUT2D eigenvalue weighted by atomic mass is 9.33. The van der Waals surface area contributed by atoms with Gasteiger partial charge in [-0.05, 0) is 156 Å². The summed E-state index contributed by atoms with van der Waals surface area (Å²) in [6.07, 6.45) is 2.39. The third-order valence-electron chi connectivity index (χ3n) is 15.2. The summed E-state index contributed by atoms with van der Waals surface area (Å²) < 4.78 is 0. The highest BCUT2D eigenvalue weighted by Gasteiger charge is 2.45. The van der Waals surface area contributed by atoms with E-state index in [9.17, 15) is 0 Å². The Bertz CT molecular complexity index is 2830. The minimum absolute atomic E-state index is 0.0206. The fraction of sp³-hybridized carbons (Fsp3) is 0.410. The van der Waals surface area contributed by atoms with E-state index in [1.807, 2.05) is 0 Å². The Kier molecular flexibility index (Phi) is 10.0. The number of benzene rings is 6. The molecule has 2 nitrogen and oxygen atoms in total. The predicted molar refractivity (Wildman–Crippen MR) is 281 cm³/mol. The fourth-order valence-electron chi connectivity index (χ4n) is 10.9. The largest absolute Gasteiger partial charge is 0.311 e. The van der Waals surface area contributed by atoms with Gasteiger partial charge in [0.1, 0.15) is 0 Å². The Morgan fingerprint density at radius 1 is 0.422 bits per heavy atom. The first-order valence-corrected chi connectivity index (χ1v) is 24.1. The van der Waals surface area contributed by atoms with Crippen molar-refractivity contribution < 1.29 is 0 Å². The molecule has 1 aliphatic carbocycles. The first-order chi connectivity index (χ1) is 29.6. The van der Waals surface area contributed by atoms with E-state index in [4.69, 9.17) is 0 Å². The second kappa shape index (κ2) is 14.5. The average molecular weight is 845 g/mol. The third kappa shape index (κ3) is 7.34. The van der Waals surface area contributed by atoms with Crippen LogP contribution < -0.4 is 26.2 Å². The molecule has 0 saturated carbocycles. The van der Waals surface area contributed by atoms with E-state index in [2.05, 4.69) is 237 Å². The zero-order valence-corrected chi connectivity index (χ0v) is 42.3. The van der Waals surface area contributed by atoms with Crippen molar-refractivity contribution in [2.45, 2.75) is 163 Å². The van der Waals surface area contributed by atoms with Gasteiger partial charge in [0, 0.05) is 34.0 Å². The van der Waals surface area contributed by atoms with Crippen LogP contribution in [0.5, 0.6) is 0 Å². The van der Waals surface area contributed by atoms with Crippen LogP contribution in [0.1, 0.15) is 163 Å². The Hall–Kier alpha value is -5.02. The lowest BCUT2D eigenvalue weighted by molar-refractivity contribution is 0.332. The number of nitrogens with zero attached hydrogens (tertiary/aromatic N) is 2. The molecular formula is C61H73BN2. The maximum atomic E-state index is 2.67. The van der Waals surface area contributed by atoms with Crippen molar-refractivity contribution in [1.82, 2.24) is 0 Å². The van der Waals surface area contributed by atoms with Crippen molar-refractivity contribution in [3.8, 4) is 11.1 Å². The predicted octanol–water partition coefficient (Wildman–Crippen LogP) is 15.3. The standard InChI is InChI=1S/C61H73BN2/c1-38-18-27-51-48(32-38)62-49-35-42(58(8,9)10)23-29-52(49)64(54-37-43(59(11,12)13)36-53(55(54)62)63(51)44-24-20-40(21-25-44)56(2,3)4)50-28-22-41(57(5,6)7)34-45(50)39-19-26-46-47(33-39)61(16,17)31-30-60(46,14)15/h18-29,32-37H,30-31H2,1-17H3. The zero-order chi connectivity index (χ0) is 46.3. The van der Waals surface area contributed by atoms with Crippen molar-refractivity contribution >= 4 is 57.2 Å². The molecule has 0 amide bonds. The molecule has 2 aliphatic heterocycles. The normalized spacial score (nSPS) is 16.5. The van der Waals surface area contributed by atoms with Gasteiger partial charge < -0.3 is 9.80 Å². The topological polar surface area (TPSA) is 6.48 Å². The van der Waals surface area contributed by atoms with Crippen LogP contribution in [-0.4, -0.2) is 6.71 Å². The number of hydrogen-bond donors (Lipinski definition) is 0. The lowest BCUT2D eigenvalue weighted by Gasteiger charge is -2.46. The highest BCUT2D eigenvalue weighted by atomic mass is 15.2. The molecule has 64 heavy (non-hydrogen) atoms. The van der Waals surface area contributed by atoms with Crippen LogP contribution in [0.15, 0.2) is 109 Å². The van der Waals surface area contributed by atoms with E-state index >= 15 is 0 Å². The number of aryl methyl sites for hydroxylation is 1. The lowest BCUT2D eigenvalue weighted by Crippen LogP contribution is -2.61. The molecule has 0 unspecified atom stereocenters. The molecule has 3 aliphatic rings. The van der Waals surface area contributed by atoms with E-state index in [0.29, 0.717) is 0 Å². The van der Waals surface area contributed by atoms with Crippen molar-refractivity contribution in [2.75, 3.05) is 9.80 Å². The quantitative estimate of drug-likeness (QED) is 0.164. The average Bonchev–Trinajstić information content (AvgIpc) is 3.20. The highest BCUT2D eigenvalue weighted by Crippen LogP contribution is 2.51. The number of rotatable bonds is 3. The first kappa shape index (κ1) is 44.2. The van der Waals surface area contributed by atoms with Gasteiger partial charge in [0.25, 0.3) is 6.71 Å². The van der Waals surface area contributed by atoms with E-state index in [-0.39, 0.29) is 39.2 Å². The Morgan fingerprint density at radius 3 is 1.50 bits per heavy atom. The van der Waals surface area contributed by atoms with Crippen molar-refractivity contribution in [1.29, 1.82) is 0 Å². The summed E-state index contributed by atoms with van der Waals surface area (Å²) in [6, 6.07) is 43.9. The van der Waals surface area contributed by atoms with Crippen LogP contribution in [-0.2, 0) is 32.5 Å². The molecule has 2 heterocycles. The van der Waals surface area contributed by atoms with Crippen LogP contribution >= 0.6 is 0 Å². The summed E-state index contributed by atoms with van der Waals surface area (Å²) in [5.41, 5.74) is 24.0. The van der Waals surface area contributed by atoms with E-state index < -0.39 is 0 Å². The van der Waals surface area contributed by atoms with Crippen molar-refractivity contribution in [3.05, 3.63) is 148 Å². The number of anilines is 6. The van der Waals surface area contributed by atoms with Crippen LogP contribution in [0.25, 0.3) is 11.1 Å². The molecule has 6 aromatic carbocycles. The molecule has 0 spiro atoms. The summed E-state index contributed by atoms with van der Waals surface area (Å²) in [6.45, 7) is 40.3. The minimum Gasteiger partial charge on any atom is -0.311 e. The maximum Gasteiger partial charge on any atom is 0.252 e. The molecule has 9 rings (SSSR count). The second-order valence-corrected chi connectivity index (χ2v) is 25.2. The van der Waals surface area contributed by atoms with Crippen LogP contribution in [0.2, 0.25) is 0 Å². The third-order valence-corrected chi connectivity index (χ3v) is 15.2. The minimum atomic E-state index is -0.103. The molecule has 0 radical (unpaired) electrons. The van der Waals surface area contributed by atoms with E-state index in [1.54, 1.807) is 0 Å². The molecule has 6 aromatic rings. The van der Waals surface area contributed by atoms with Gasteiger partial charge in [-0.25, -0.2) is 0 Å². The van der Waals surface area contributed by atoms with E-state index in [0.717, 1.165) is 0 Å². The summed E-state index contributed by atoms with van der Waals surface area (Å²) in [5.74, 6) is 0. The first-order valence-electron chi connectivity index (χ1n) is 24.1. The smallest absolute Gasteiger partial charge is 0.252 e. The Balaban J connectivity index is 1.40. The number of fused-ring (bicyclic) bond motifs is 5. The molecule has 0 N–H and O–H groups in total. The molecule has 0 aromatic heterocycles. The summed E-state index contributed by atoms with van der Waals surface area (Å²) >= 11 is 0. The van der Waals surface area contributed by atoms with Crippen LogP contribution in [0, 0.1) is 6.92 Å². The van der Waals surface area contributed by atoms with Gasteiger partial charge in [0.05, 0.1) is 5.69 Å². The summed E-state index contributed by atoms with van der Waals surface area (Å²) in [5, 5.41) is 0. The maximum absolute atomic E-state index is 2.67. The van der Waals surface area contributed by atoms with Gasteiger partial charge in [-0.1, -0.05) is 177 Å². The van der Waals surface area contributed by atoms with Crippen molar-refractivity contribution in [3.63, 3.8) is 0 Å². The van der Waals surface area contributed by atoms with Gasteiger partial charge >= 0.3 is 0 Å². The van der Waals surface area contributed by atoms with Gasteiger partial charge in [0.15, 0.2) is 0 Å². The van der Waals surface area contributed by atoms with Gasteiger partial charge in [0.2, 0.25) is 0 Å². The molecule has 3 heteroatoms. The van der Waals surface area contributed by atoms with Crippen LogP contribution in [0.3, 0.4) is 0 Å². The fourth-order valence-corrected chi connectivity index (χ4v) is 10.9. The zero-order valence-electron chi connectivity index (χ0n) is 42.3. The molecular weight excluding hydrogens is 771 g/mol. The Morgan fingerprint density at radius 2 is 0.906 bits per heavy atom. The van der Waals surface area contributed by atoms with Gasteiger partial charge in [-0.15, -0.1) is 0 Å². The summed E-state index contributed by atoms with van der Waals surface area (Å²) in [7, 11) is 0. The SMILES string of the molecule is Cc1ccc2c(c1)B1c3cc(C(C)(C)C)ccc3N(c3ccc(C(C)(C)C)cc3-c3ccc4c(c3)C(C)(C)CCC4(C)C)c3cc(C(C)(C)C)cc(c31)N2c1ccc(C(C)(C)C)cc1. The van der Waals surface area contributed by atoms with E-state index in [1.165, 1.54) is 113 Å². The number of hydrogen-bond acceptors (Lipinski definition) is 2. The summed E-state index contributed by atoms with van der Waals surface area (Å²) in [4.78, 5) is 5.25. The van der Waals surface area contributed by atoms with Gasteiger partial charge in [-0.3, -0.25) is 0 Å². The molecule has 0 fully saturated rings.